The van der Waals surface area contributed by atoms with E-state index in [-0.39, 0.29) is 18.4 Å². The lowest BCUT2D eigenvalue weighted by Crippen LogP contribution is -2.50. The lowest BCUT2D eigenvalue weighted by Gasteiger charge is -2.34. The molecule has 3 rings (SSSR count). The molecule has 6 heteroatoms. The molecule has 2 aromatic rings. The molecule has 0 atom stereocenters. The van der Waals surface area contributed by atoms with E-state index in [1.807, 2.05) is 47.4 Å². The number of pyridine rings is 1. The summed E-state index contributed by atoms with van der Waals surface area (Å²) in [5.41, 5.74) is 2.17. The number of piperazine rings is 1. The molecular formula is C21H24N4O2. The Kier molecular flexibility index (Phi) is 6.71. The van der Waals surface area contributed by atoms with Crippen molar-refractivity contribution in [3.8, 4) is 0 Å². The summed E-state index contributed by atoms with van der Waals surface area (Å²) in [5, 5.41) is 2.66. The molecule has 0 unspecified atom stereocenters. The second-order valence-electron chi connectivity index (χ2n) is 6.47. The number of hydrogen-bond acceptors (Lipinski definition) is 4. The standard InChI is InChI=1S/C21H24N4O2/c26-20(7-6-18-4-2-1-3-5-18)23-16-21(27)25-14-12-24(13-15-25)17-19-8-10-22-11-9-19/h1-11H,12-17H2,(H,23,26)/b7-6+. The molecular weight excluding hydrogens is 340 g/mol. The van der Waals surface area contributed by atoms with Crippen molar-refractivity contribution < 1.29 is 9.59 Å². The highest BCUT2D eigenvalue weighted by molar-refractivity contribution is 5.94. The minimum Gasteiger partial charge on any atom is -0.343 e. The molecule has 1 N–H and O–H groups in total. The fourth-order valence-electron chi connectivity index (χ4n) is 2.97. The van der Waals surface area contributed by atoms with Crippen molar-refractivity contribution in [1.82, 2.24) is 20.1 Å². The van der Waals surface area contributed by atoms with E-state index in [2.05, 4.69) is 15.2 Å². The Bertz CT molecular complexity index is 769. The van der Waals surface area contributed by atoms with Gasteiger partial charge >= 0.3 is 0 Å². The highest BCUT2D eigenvalue weighted by Gasteiger charge is 2.21. The normalized spacial score (nSPS) is 15.0. The van der Waals surface area contributed by atoms with Crippen molar-refractivity contribution in [1.29, 1.82) is 0 Å². The molecule has 1 aliphatic heterocycles. The number of nitrogens with zero attached hydrogens (tertiary/aromatic N) is 3. The molecule has 27 heavy (non-hydrogen) atoms. The fourth-order valence-corrected chi connectivity index (χ4v) is 2.97. The van der Waals surface area contributed by atoms with Crippen LogP contribution in [0.5, 0.6) is 0 Å². The van der Waals surface area contributed by atoms with Crippen LogP contribution in [-0.4, -0.2) is 59.3 Å². The summed E-state index contributed by atoms with van der Waals surface area (Å²) in [5.74, 6) is -0.302. The lowest BCUT2D eigenvalue weighted by molar-refractivity contribution is -0.133. The Morgan fingerprint density at radius 3 is 2.41 bits per heavy atom. The first-order chi connectivity index (χ1) is 13.2. The average molecular weight is 364 g/mol. The number of benzene rings is 1. The molecule has 0 radical (unpaired) electrons. The highest BCUT2D eigenvalue weighted by atomic mass is 16.2. The maximum Gasteiger partial charge on any atom is 0.244 e. The maximum atomic E-state index is 12.3. The van der Waals surface area contributed by atoms with E-state index >= 15 is 0 Å². The number of carbonyl (C=O) groups is 2. The van der Waals surface area contributed by atoms with Crippen LogP contribution in [0.3, 0.4) is 0 Å². The van der Waals surface area contributed by atoms with Gasteiger partial charge in [-0.2, -0.15) is 0 Å². The third kappa shape index (κ3) is 6.04. The number of amides is 2. The van der Waals surface area contributed by atoms with Gasteiger partial charge in [-0.1, -0.05) is 30.3 Å². The van der Waals surface area contributed by atoms with Crippen LogP contribution in [0, 0.1) is 0 Å². The molecule has 1 saturated heterocycles. The molecule has 140 valence electrons. The molecule has 1 aromatic heterocycles. The monoisotopic (exact) mass is 364 g/mol. The minimum absolute atomic E-state index is 0.0301. The van der Waals surface area contributed by atoms with Gasteiger partial charge in [-0.3, -0.25) is 19.5 Å². The van der Waals surface area contributed by atoms with Gasteiger partial charge in [-0.25, -0.2) is 0 Å². The van der Waals surface area contributed by atoms with E-state index < -0.39 is 0 Å². The van der Waals surface area contributed by atoms with Gasteiger partial charge < -0.3 is 10.2 Å². The molecule has 2 amide bonds. The predicted octanol–water partition coefficient (Wildman–Crippen LogP) is 1.56. The van der Waals surface area contributed by atoms with Crippen molar-refractivity contribution in [2.45, 2.75) is 6.54 Å². The number of rotatable bonds is 6. The summed E-state index contributed by atoms with van der Waals surface area (Å²) in [4.78, 5) is 32.3. The van der Waals surface area contributed by atoms with E-state index in [1.165, 1.54) is 11.6 Å². The SMILES string of the molecule is O=C(/C=C/c1ccccc1)NCC(=O)N1CCN(Cc2ccncc2)CC1. The smallest absolute Gasteiger partial charge is 0.244 e. The quantitative estimate of drug-likeness (QED) is 0.790. The fraction of sp³-hybridized carbons (Fsp3) is 0.286. The molecule has 1 aliphatic rings. The zero-order valence-corrected chi connectivity index (χ0v) is 15.3. The van der Waals surface area contributed by atoms with Crippen molar-refractivity contribution in [2.24, 2.45) is 0 Å². The highest BCUT2D eigenvalue weighted by Crippen LogP contribution is 2.08. The van der Waals surface area contributed by atoms with Crippen molar-refractivity contribution in [3.63, 3.8) is 0 Å². The van der Waals surface area contributed by atoms with Crippen LogP contribution in [-0.2, 0) is 16.1 Å². The first-order valence-corrected chi connectivity index (χ1v) is 9.11. The second-order valence-corrected chi connectivity index (χ2v) is 6.47. The van der Waals surface area contributed by atoms with Crippen LogP contribution in [0.25, 0.3) is 6.08 Å². The van der Waals surface area contributed by atoms with E-state index in [0.29, 0.717) is 13.1 Å². The van der Waals surface area contributed by atoms with Gasteiger partial charge in [-0.15, -0.1) is 0 Å². The van der Waals surface area contributed by atoms with Crippen molar-refractivity contribution in [3.05, 3.63) is 72.1 Å². The summed E-state index contributed by atoms with van der Waals surface area (Å²) in [6, 6.07) is 13.6. The minimum atomic E-state index is -0.261. The molecule has 1 fully saturated rings. The molecule has 0 bridgehead atoms. The third-order valence-electron chi connectivity index (χ3n) is 4.52. The Morgan fingerprint density at radius 2 is 1.70 bits per heavy atom. The Hall–Kier alpha value is -2.99. The summed E-state index contributed by atoms with van der Waals surface area (Å²) in [6.07, 6.45) is 6.78. The summed E-state index contributed by atoms with van der Waals surface area (Å²) >= 11 is 0. The molecule has 6 nitrogen and oxygen atoms in total. The van der Waals surface area contributed by atoms with Crippen LogP contribution in [0.1, 0.15) is 11.1 Å². The van der Waals surface area contributed by atoms with Crippen LogP contribution in [0.15, 0.2) is 60.9 Å². The van der Waals surface area contributed by atoms with E-state index in [1.54, 1.807) is 18.5 Å². The molecule has 0 spiro atoms. The average Bonchev–Trinajstić information content (AvgIpc) is 2.72. The summed E-state index contributed by atoms with van der Waals surface area (Å²) < 4.78 is 0. The van der Waals surface area contributed by atoms with Gasteiger partial charge in [0.2, 0.25) is 11.8 Å². The van der Waals surface area contributed by atoms with Gasteiger partial charge in [0.15, 0.2) is 0 Å². The number of aromatic nitrogens is 1. The Labute approximate surface area is 159 Å². The van der Waals surface area contributed by atoms with Crippen LogP contribution in [0.4, 0.5) is 0 Å². The number of carbonyl (C=O) groups excluding carboxylic acids is 2. The van der Waals surface area contributed by atoms with Gasteiger partial charge in [0.05, 0.1) is 6.54 Å². The molecule has 0 saturated carbocycles. The van der Waals surface area contributed by atoms with Gasteiger partial charge in [0.25, 0.3) is 0 Å². The van der Waals surface area contributed by atoms with E-state index in [9.17, 15) is 9.59 Å². The largest absolute Gasteiger partial charge is 0.343 e. The van der Waals surface area contributed by atoms with E-state index in [0.717, 1.165) is 25.2 Å². The van der Waals surface area contributed by atoms with Gasteiger partial charge in [0.1, 0.15) is 0 Å². The third-order valence-corrected chi connectivity index (χ3v) is 4.52. The summed E-state index contributed by atoms with van der Waals surface area (Å²) in [6.45, 7) is 3.92. The van der Waals surface area contributed by atoms with E-state index in [4.69, 9.17) is 0 Å². The topological polar surface area (TPSA) is 65.5 Å². The Balaban J connectivity index is 1.38. The van der Waals surface area contributed by atoms with Crippen molar-refractivity contribution >= 4 is 17.9 Å². The number of hydrogen-bond donors (Lipinski definition) is 1. The lowest BCUT2D eigenvalue weighted by atomic mass is 10.2. The first-order valence-electron chi connectivity index (χ1n) is 9.11. The predicted molar refractivity (Wildman–Crippen MR) is 105 cm³/mol. The maximum absolute atomic E-state index is 12.3. The molecule has 2 heterocycles. The zero-order chi connectivity index (χ0) is 18.9. The van der Waals surface area contributed by atoms with Crippen LogP contribution in [0.2, 0.25) is 0 Å². The second kappa shape index (κ2) is 9.64. The van der Waals surface area contributed by atoms with Gasteiger partial charge in [0, 0.05) is 51.2 Å². The molecule has 0 aliphatic carbocycles. The van der Waals surface area contributed by atoms with Gasteiger partial charge in [-0.05, 0) is 29.3 Å². The Morgan fingerprint density at radius 1 is 1.00 bits per heavy atom. The molecule has 1 aromatic carbocycles. The van der Waals surface area contributed by atoms with Crippen LogP contribution < -0.4 is 5.32 Å². The first kappa shape index (κ1) is 18.8. The number of nitrogens with one attached hydrogen (secondary N) is 1. The zero-order valence-electron chi connectivity index (χ0n) is 15.3. The van der Waals surface area contributed by atoms with Crippen molar-refractivity contribution in [2.75, 3.05) is 32.7 Å². The summed E-state index contributed by atoms with van der Waals surface area (Å²) in [7, 11) is 0. The van der Waals surface area contributed by atoms with Crippen LogP contribution >= 0.6 is 0 Å².